The summed E-state index contributed by atoms with van der Waals surface area (Å²) in [6.45, 7) is 3.79. The molecule has 2 fully saturated rings. The number of methoxy groups -OCH3 is 1. The van der Waals surface area contributed by atoms with E-state index in [0.29, 0.717) is 6.54 Å². The lowest BCUT2D eigenvalue weighted by atomic mass is 9.90. The first-order valence-corrected chi connectivity index (χ1v) is 11.6. The van der Waals surface area contributed by atoms with E-state index in [9.17, 15) is 4.79 Å². The van der Waals surface area contributed by atoms with Gasteiger partial charge in [0.25, 0.3) is 0 Å². The SMILES string of the molecule is COc1cccc(CCNC(=O)[C@H]2CC23CCN(Cc2ccc4ncccc4c2)CC3)c1. The molecule has 5 rings (SSSR count). The van der Waals surface area contributed by atoms with Crippen molar-refractivity contribution < 1.29 is 9.53 Å². The van der Waals surface area contributed by atoms with Crippen LogP contribution in [0, 0.1) is 11.3 Å². The van der Waals surface area contributed by atoms with Crippen molar-refractivity contribution in [2.45, 2.75) is 32.2 Å². The molecular weight excluding hydrogens is 398 g/mol. The van der Waals surface area contributed by atoms with Gasteiger partial charge in [-0.05, 0) is 85.6 Å². The van der Waals surface area contributed by atoms with Gasteiger partial charge in [-0.25, -0.2) is 0 Å². The Labute approximate surface area is 189 Å². The van der Waals surface area contributed by atoms with Crippen LogP contribution in [0.1, 0.15) is 30.4 Å². The molecule has 2 heterocycles. The van der Waals surface area contributed by atoms with E-state index in [0.717, 1.165) is 56.6 Å². The molecule has 0 unspecified atom stereocenters. The molecule has 5 nitrogen and oxygen atoms in total. The highest BCUT2D eigenvalue weighted by Gasteiger charge is 2.58. The second-order valence-electron chi connectivity index (χ2n) is 9.32. The van der Waals surface area contributed by atoms with Crippen molar-refractivity contribution in [3.8, 4) is 5.75 Å². The predicted molar refractivity (Wildman–Crippen MR) is 127 cm³/mol. The smallest absolute Gasteiger partial charge is 0.223 e. The molecule has 1 spiro atoms. The molecule has 32 heavy (non-hydrogen) atoms. The lowest BCUT2D eigenvalue weighted by molar-refractivity contribution is -0.123. The standard InChI is InChI=1S/C27H31N3O2/c1-32-23-6-2-4-20(17-23)9-13-29-26(31)24-18-27(24)10-14-30(15-11-27)19-21-7-8-25-22(16-21)5-3-12-28-25/h2-8,12,16-17,24H,9-11,13-15,18-19H2,1H3,(H,29,31)/t24-/m1/s1. The minimum atomic E-state index is 0.196. The quantitative estimate of drug-likeness (QED) is 0.612. The lowest BCUT2D eigenvalue weighted by Gasteiger charge is -2.32. The average Bonchev–Trinajstić information content (AvgIpc) is 3.54. The molecule has 1 amide bonds. The van der Waals surface area contributed by atoms with Crippen LogP contribution in [0.4, 0.5) is 0 Å². The Kier molecular flexibility index (Phi) is 5.83. The number of likely N-dealkylation sites (tertiary alicyclic amines) is 1. The average molecular weight is 430 g/mol. The number of ether oxygens (including phenoxy) is 1. The summed E-state index contributed by atoms with van der Waals surface area (Å²) in [5.41, 5.74) is 3.81. The van der Waals surface area contributed by atoms with E-state index in [-0.39, 0.29) is 17.2 Å². The van der Waals surface area contributed by atoms with Gasteiger partial charge in [-0.15, -0.1) is 0 Å². The van der Waals surface area contributed by atoms with Crippen LogP contribution < -0.4 is 10.1 Å². The van der Waals surface area contributed by atoms with E-state index in [2.05, 4.69) is 45.5 Å². The number of aromatic nitrogens is 1. The normalized spacial score (nSPS) is 19.7. The Morgan fingerprint density at radius 3 is 2.84 bits per heavy atom. The molecule has 1 saturated carbocycles. The fourth-order valence-corrected chi connectivity index (χ4v) is 5.19. The Hall–Kier alpha value is -2.92. The van der Waals surface area contributed by atoms with Crippen molar-refractivity contribution in [1.29, 1.82) is 0 Å². The highest BCUT2D eigenvalue weighted by molar-refractivity contribution is 5.82. The van der Waals surface area contributed by atoms with Gasteiger partial charge in [0.1, 0.15) is 5.75 Å². The summed E-state index contributed by atoms with van der Waals surface area (Å²) in [7, 11) is 1.68. The van der Waals surface area contributed by atoms with Crippen molar-refractivity contribution >= 4 is 16.8 Å². The number of hydrogen-bond donors (Lipinski definition) is 1. The third kappa shape index (κ3) is 4.49. The van der Waals surface area contributed by atoms with Crippen LogP contribution in [0.3, 0.4) is 0 Å². The molecule has 5 heteroatoms. The minimum absolute atomic E-state index is 0.196. The fraction of sp³-hybridized carbons (Fsp3) is 0.407. The van der Waals surface area contributed by atoms with Crippen LogP contribution in [-0.4, -0.2) is 42.5 Å². The van der Waals surface area contributed by atoms with Gasteiger partial charge < -0.3 is 10.1 Å². The maximum absolute atomic E-state index is 12.7. The maximum atomic E-state index is 12.7. The Bertz CT molecular complexity index is 1100. The molecule has 1 saturated heterocycles. The molecule has 1 atom stereocenters. The van der Waals surface area contributed by atoms with E-state index in [1.807, 2.05) is 30.5 Å². The monoisotopic (exact) mass is 429 g/mol. The molecule has 0 radical (unpaired) electrons. The number of pyridine rings is 1. The molecule has 166 valence electrons. The van der Waals surface area contributed by atoms with Gasteiger partial charge in [-0.1, -0.05) is 24.3 Å². The zero-order chi connectivity index (χ0) is 22.0. The molecule has 1 aliphatic carbocycles. The largest absolute Gasteiger partial charge is 0.497 e. The summed E-state index contributed by atoms with van der Waals surface area (Å²) >= 11 is 0. The Balaban J connectivity index is 1.08. The molecule has 1 aromatic heterocycles. The van der Waals surface area contributed by atoms with Crippen LogP contribution in [0.15, 0.2) is 60.8 Å². The topological polar surface area (TPSA) is 54.5 Å². The number of nitrogens with zero attached hydrogens (tertiary/aromatic N) is 2. The molecule has 1 N–H and O–H groups in total. The first kappa shape index (κ1) is 21.0. The Morgan fingerprint density at radius 2 is 2.00 bits per heavy atom. The van der Waals surface area contributed by atoms with Crippen molar-refractivity contribution in [2.24, 2.45) is 11.3 Å². The number of hydrogen-bond acceptors (Lipinski definition) is 4. The zero-order valence-corrected chi connectivity index (χ0v) is 18.7. The minimum Gasteiger partial charge on any atom is -0.497 e. The second-order valence-corrected chi connectivity index (χ2v) is 9.32. The van der Waals surface area contributed by atoms with Gasteiger partial charge in [0.2, 0.25) is 5.91 Å². The summed E-state index contributed by atoms with van der Waals surface area (Å²) in [4.78, 5) is 19.7. The summed E-state index contributed by atoms with van der Waals surface area (Å²) in [5.74, 6) is 1.30. The number of benzene rings is 2. The van der Waals surface area contributed by atoms with Gasteiger partial charge in [0, 0.05) is 30.6 Å². The summed E-state index contributed by atoms with van der Waals surface area (Å²) in [6.07, 6.45) is 5.96. The number of nitrogens with one attached hydrogen (secondary N) is 1. The molecule has 0 bridgehead atoms. The number of amides is 1. The molecule has 1 aliphatic heterocycles. The number of carbonyl (C=O) groups excluding carboxylic acids is 1. The number of rotatable bonds is 7. The van der Waals surface area contributed by atoms with Crippen molar-refractivity contribution in [3.63, 3.8) is 0 Å². The van der Waals surface area contributed by atoms with Crippen LogP contribution in [0.2, 0.25) is 0 Å². The van der Waals surface area contributed by atoms with Crippen LogP contribution in [-0.2, 0) is 17.8 Å². The van der Waals surface area contributed by atoms with Crippen molar-refractivity contribution in [2.75, 3.05) is 26.7 Å². The van der Waals surface area contributed by atoms with Gasteiger partial charge >= 0.3 is 0 Å². The first-order valence-electron chi connectivity index (χ1n) is 11.6. The fourth-order valence-electron chi connectivity index (χ4n) is 5.19. The van der Waals surface area contributed by atoms with E-state index in [1.165, 1.54) is 16.5 Å². The van der Waals surface area contributed by atoms with E-state index in [4.69, 9.17) is 4.74 Å². The second kappa shape index (κ2) is 8.91. The molecule has 2 aliphatic rings. The zero-order valence-electron chi connectivity index (χ0n) is 18.7. The van der Waals surface area contributed by atoms with Gasteiger partial charge in [0.05, 0.1) is 12.6 Å². The highest BCUT2D eigenvalue weighted by Crippen LogP contribution is 2.59. The van der Waals surface area contributed by atoms with E-state index >= 15 is 0 Å². The van der Waals surface area contributed by atoms with Crippen LogP contribution in [0.25, 0.3) is 10.9 Å². The Morgan fingerprint density at radius 1 is 1.12 bits per heavy atom. The summed E-state index contributed by atoms with van der Waals surface area (Å²) in [5, 5.41) is 4.37. The number of fused-ring (bicyclic) bond motifs is 1. The third-order valence-corrected chi connectivity index (χ3v) is 7.28. The molecular formula is C27H31N3O2. The maximum Gasteiger partial charge on any atom is 0.223 e. The molecule has 2 aromatic carbocycles. The van der Waals surface area contributed by atoms with Crippen molar-refractivity contribution in [3.05, 3.63) is 71.9 Å². The first-order chi connectivity index (χ1) is 15.6. The predicted octanol–water partition coefficient (Wildman–Crippen LogP) is 4.20. The van der Waals surface area contributed by atoms with E-state index < -0.39 is 0 Å². The van der Waals surface area contributed by atoms with Crippen LogP contribution >= 0.6 is 0 Å². The summed E-state index contributed by atoms with van der Waals surface area (Å²) in [6, 6.07) is 18.7. The van der Waals surface area contributed by atoms with Crippen molar-refractivity contribution in [1.82, 2.24) is 15.2 Å². The van der Waals surface area contributed by atoms with Gasteiger partial charge in [-0.2, -0.15) is 0 Å². The van der Waals surface area contributed by atoms with Crippen LogP contribution in [0.5, 0.6) is 5.75 Å². The number of piperidine rings is 1. The van der Waals surface area contributed by atoms with E-state index in [1.54, 1.807) is 7.11 Å². The third-order valence-electron chi connectivity index (χ3n) is 7.28. The number of carbonyl (C=O) groups is 1. The highest BCUT2D eigenvalue weighted by atomic mass is 16.5. The summed E-state index contributed by atoms with van der Waals surface area (Å²) < 4.78 is 5.28. The molecule has 3 aromatic rings. The lowest BCUT2D eigenvalue weighted by Crippen LogP contribution is -2.37. The van der Waals surface area contributed by atoms with Gasteiger partial charge in [0.15, 0.2) is 0 Å². The van der Waals surface area contributed by atoms with Gasteiger partial charge in [-0.3, -0.25) is 14.7 Å².